The summed E-state index contributed by atoms with van der Waals surface area (Å²) in [5.74, 6) is -0.112. The van der Waals surface area contributed by atoms with Gasteiger partial charge in [-0.3, -0.25) is 0 Å². The Hall–Kier alpha value is -1.83. The van der Waals surface area contributed by atoms with Crippen molar-refractivity contribution in [2.45, 2.75) is 51.9 Å². The average molecular weight is 617 g/mol. The Balaban J connectivity index is 1.73. The molecule has 0 aliphatic carbocycles. The van der Waals surface area contributed by atoms with Gasteiger partial charge in [-0.05, 0) is 30.5 Å². The summed E-state index contributed by atoms with van der Waals surface area (Å²) >= 11 is 0. The van der Waals surface area contributed by atoms with Crippen molar-refractivity contribution >= 4 is 5.97 Å². The summed E-state index contributed by atoms with van der Waals surface area (Å²) in [7, 11) is 0. The topological polar surface area (TPSA) is 120 Å². The zero-order valence-corrected chi connectivity index (χ0v) is 26.3. The van der Waals surface area contributed by atoms with Crippen molar-refractivity contribution in [1.82, 2.24) is 0 Å². The third kappa shape index (κ3) is 28.7. The fourth-order valence-corrected chi connectivity index (χ4v) is 3.78. The predicted octanol–water partition coefficient (Wildman–Crippen LogP) is 4.19. The van der Waals surface area contributed by atoms with Crippen molar-refractivity contribution < 1.29 is 52.5 Å². The second-order valence-corrected chi connectivity index (χ2v) is 9.74. The predicted molar refractivity (Wildman–Crippen MR) is 163 cm³/mol. The molecule has 0 aliphatic heterocycles. The van der Waals surface area contributed by atoms with Crippen LogP contribution in [0.4, 0.5) is 0 Å². The van der Waals surface area contributed by atoms with E-state index in [1.807, 2.05) is 12.1 Å². The molecule has 0 bridgehead atoms. The van der Waals surface area contributed by atoms with Crippen molar-refractivity contribution in [2.75, 3.05) is 112 Å². The summed E-state index contributed by atoms with van der Waals surface area (Å²) in [6.07, 6.45) is 9.07. The minimum Gasteiger partial charge on any atom is -0.491 e. The number of carboxylic acid groups (broad SMARTS) is 1. The Kier molecular flexibility index (Phi) is 28.8. The number of aliphatic carboxylic acids is 1. The van der Waals surface area contributed by atoms with Crippen LogP contribution in [0.1, 0.15) is 51.0 Å². The molecule has 0 spiro atoms. The van der Waals surface area contributed by atoms with Crippen molar-refractivity contribution in [3.05, 3.63) is 29.8 Å². The lowest BCUT2D eigenvalue weighted by molar-refractivity contribution is -0.142. The molecule has 0 fully saturated rings. The molecule has 1 rings (SSSR count). The van der Waals surface area contributed by atoms with Crippen LogP contribution in [0.15, 0.2) is 24.3 Å². The molecule has 0 saturated carbocycles. The highest BCUT2D eigenvalue weighted by Gasteiger charge is 1.99. The van der Waals surface area contributed by atoms with Gasteiger partial charge in [0.05, 0.1) is 99.1 Å². The number of hydrogen-bond acceptors (Lipinski definition) is 10. The zero-order valence-electron chi connectivity index (χ0n) is 26.3. The van der Waals surface area contributed by atoms with Crippen LogP contribution in [0.2, 0.25) is 0 Å². The lowest BCUT2D eigenvalue weighted by atomic mass is 10.0. The third-order valence-corrected chi connectivity index (χ3v) is 6.07. The van der Waals surface area contributed by atoms with Crippen LogP contribution in [0.3, 0.4) is 0 Å². The first kappa shape index (κ1) is 39.2. The number of carboxylic acids is 1. The van der Waals surface area contributed by atoms with Gasteiger partial charge in [0.25, 0.3) is 0 Å². The minimum absolute atomic E-state index is 0.246. The van der Waals surface area contributed by atoms with Crippen molar-refractivity contribution in [1.29, 1.82) is 0 Å². The lowest BCUT2D eigenvalue weighted by Crippen LogP contribution is -2.15. The van der Waals surface area contributed by atoms with Gasteiger partial charge in [0.15, 0.2) is 0 Å². The van der Waals surface area contributed by atoms with Crippen LogP contribution in [0.5, 0.6) is 5.75 Å². The maximum Gasteiger partial charge on any atom is 0.329 e. The number of aryl methyl sites for hydroxylation is 1. The molecule has 0 saturated heterocycles. The molecule has 1 aromatic rings. The quantitative estimate of drug-likeness (QED) is 0.112. The Morgan fingerprint density at radius 3 is 1.30 bits per heavy atom. The summed E-state index contributed by atoms with van der Waals surface area (Å²) in [6.45, 7) is 9.40. The molecule has 0 aromatic heterocycles. The molecule has 0 atom stereocenters. The van der Waals surface area contributed by atoms with E-state index in [1.54, 1.807) is 0 Å². The van der Waals surface area contributed by atoms with Crippen LogP contribution in [-0.2, 0) is 49.1 Å². The first-order chi connectivity index (χ1) is 21.2. The van der Waals surface area contributed by atoms with E-state index < -0.39 is 5.97 Å². The van der Waals surface area contributed by atoms with Gasteiger partial charge in [0.2, 0.25) is 0 Å². The van der Waals surface area contributed by atoms with Crippen LogP contribution in [-0.4, -0.2) is 123 Å². The molecule has 250 valence electrons. The molecule has 0 radical (unpaired) electrons. The molecule has 43 heavy (non-hydrogen) atoms. The summed E-state index contributed by atoms with van der Waals surface area (Å²) in [4.78, 5) is 10.3. The van der Waals surface area contributed by atoms with Gasteiger partial charge in [-0.1, -0.05) is 51.2 Å². The fraction of sp³-hybridized carbons (Fsp3) is 0.781. The molecule has 1 N–H and O–H groups in total. The Labute approximate surface area is 258 Å². The maximum absolute atomic E-state index is 10.3. The summed E-state index contributed by atoms with van der Waals surface area (Å²) in [5.41, 5.74) is 1.37. The first-order valence-electron chi connectivity index (χ1n) is 15.8. The molecule has 0 amide bonds. The second kappa shape index (κ2) is 31.6. The second-order valence-electron chi connectivity index (χ2n) is 9.74. The number of carbonyl (C=O) groups is 1. The zero-order chi connectivity index (χ0) is 30.9. The van der Waals surface area contributed by atoms with Gasteiger partial charge in [0.1, 0.15) is 19.0 Å². The van der Waals surface area contributed by atoms with Gasteiger partial charge >= 0.3 is 5.97 Å². The van der Waals surface area contributed by atoms with Gasteiger partial charge in [-0.15, -0.1) is 0 Å². The molecular formula is C32H56O11. The van der Waals surface area contributed by atoms with Crippen LogP contribution >= 0.6 is 0 Å². The molecule has 0 unspecified atom stereocenters. The van der Waals surface area contributed by atoms with E-state index >= 15 is 0 Å². The van der Waals surface area contributed by atoms with E-state index in [4.69, 9.17) is 47.7 Å². The van der Waals surface area contributed by atoms with Crippen molar-refractivity contribution in [2.24, 2.45) is 0 Å². The Morgan fingerprint density at radius 1 is 0.512 bits per heavy atom. The smallest absolute Gasteiger partial charge is 0.329 e. The van der Waals surface area contributed by atoms with E-state index in [9.17, 15) is 4.79 Å². The normalized spacial score (nSPS) is 11.3. The molecular weight excluding hydrogens is 560 g/mol. The molecule has 0 aliphatic rings. The largest absolute Gasteiger partial charge is 0.491 e. The van der Waals surface area contributed by atoms with Crippen molar-refractivity contribution in [3.63, 3.8) is 0 Å². The van der Waals surface area contributed by atoms with E-state index in [0.29, 0.717) is 99.1 Å². The van der Waals surface area contributed by atoms with Crippen molar-refractivity contribution in [3.8, 4) is 5.75 Å². The third-order valence-electron chi connectivity index (χ3n) is 6.07. The van der Waals surface area contributed by atoms with Crippen LogP contribution < -0.4 is 4.74 Å². The number of rotatable bonds is 34. The standard InChI is InChI=1S/C32H56O11/c1-2-3-4-5-6-7-8-30-9-11-31(12-10-30)43-28-27-41-24-23-39-20-19-37-16-15-35-13-14-36-17-18-38-21-22-40-25-26-42-29-32(33)34/h9-12H,2-8,13-29H2,1H3,(H,33,34). The van der Waals surface area contributed by atoms with Crippen LogP contribution in [0.25, 0.3) is 0 Å². The number of ether oxygens (including phenoxy) is 9. The Morgan fingerprint density at radius 2 is 0.884 bits per heavy atom. The maximum atomic E-state index is 10.3. The average Bonchev–Trinajstić information content (AvgIpc) is 3.01. The first-order valence-corrected chi connectivity index (χ1v) is 15.8. The Bertz CT molecular complexity index is 718. The molecule has 0 heterocycles. The summed E-state index contributed by atoms with van der Waals surface area (Å²) < 4.78 is 48.7. The minimum atomic E-state index is -0.992. The van der Waals surface area contributed by atoms with E-state index in [1.165, 1.54) is 44.1 Å². The summed E-state index contributed by atoms with van der Waals surface area (Å²) in [6, 6.07) is 8.41. The lowest BCUT2D eigenvalue weighted by Gasteiger charge is -2.09. The number of benzene rings is 1. The van der Waals surface area contributed by atoms with E-state index in [0.717, 1.165) is 12.2 Å². The molecule has 1 aromatic carbocycles. The van der Waals surface area contributed by atoms with E-state index in [2.05, 4.69) is 19.1 Å². The number of hydrogen-bond donors (Lipinski definition) is 1. The van der Waals surface area contributed by atoms with E-state index in [-0.39, 0.29) is 13.2 Å². The van der Waals surface area contributed by atoms with Gasteiger partial charge < -0.3 is 47.7 Å². The highest BCUT2D eigenvalue weighted by atomic mass is 16.6. The highest BCUT2D eigenvalue weighted by Crippen LogP contribution is 2.15. The SMILES string of the molecule is CCCCCCCCc1ccc(OCCOCCOCCOCCOCCOCCOCCOCCOCC(=O)O)cc1. The molecule has 11 heteroatoms. The highest BCUT2D eigenvalue weighted by molar-refractivity contribution is 5.67. The van der Waals surface area contributed by atoms with Crippen LogP contribution in [0, 0.1) is 0 Å². The van der Waals surface area contributed by atoms with Gasteiger partial charge in [0, 0.05) is 0 Å². The van der Waals surface area contributed by atoms with Gasteiger partial charge in [-0.25, -0.2) is 4.79 Å². The monoisotopic (exact) mass is 616 g/mol. The number of unbranched alkanes of at least 4 members (excludes halogenated alkanes) is 5. The fourth-order valence-electron chi connectivity index (χ4n) is 3.78. The summed E-state index contributed by atoms with van der Waals surface area (Å²) in [5, 5.41) is 8.42. The molecule has 11 nitrogen and oxygen atoms in total. The van der Waals surface area contributed by atoms with Gasteiger partial charge in [-0.2, -0.15) is 0 Å².